The monoisotopic (exact) mass is 609 g/mol. The van der Waals surface area contributed by atoms with Crippen molar-refractivity contribution in [3.63, 3.8) is 0 Å². The molecule has 0 aliphatic carbocycles. The molecule has 0 bridgehead atoms. The van der Waals surface area contributed by atoms with Gasteiger partial charge in [-0.05, 0) is 30.7 Å². The summed E-state index contributed by atoms with van der Waals surface area (Å²) in [5.41, 5.74) is 0.902. The highest BCUT2D eigenvalue weighted by molar-refractivity contribution is 7.89. The van der Waals surface area contributed by atoms with E-state index in [2.05, 4.69) is 4.98 Å². The average molecular weight is 610 g/mol. The first-order valence-corrected chi connectivity index (χ1v) is 16.2. The number of sulfonamides is 2. The van der Waals surface area contributed by atoms with E-state index in [1.165, 1.54) is 30.3 Å². The summed E-state index contributed by atoms with van der Waals surface area (Å²) in [4.78, 5) is 19.9. The van der Waals surface area contributed by atoms with Crippen LogP contribution in [-0.4, -0.2) is 81.2 Å². The number of aromatic nitrogens is 2. The molecule has 206 valence electrons. The Hall–Kier alpha value is -2.42. The molecule has 2 aromatic carbocycles. The molecule has 39 heavy (non-hydrogen) atoms. The molecule has 0 unspecified atom stereocenters. The third-order valence-electron chi connectivity index (χ3n) is 7.11. The summed E-state index contributed by atoms with van der Waals surface area (Å²) in [6, 6.07) is 12.4. The molecule has 5 rings (SSSR count). The fraction of sp³-hybridized carbons (Fsp3) is 0.333. The summed E-state index contributed by atoms with van der Waals surface area (Å²) in [5.74, 6) is -0.260. The maximum absolute atomic E-state index is 14.1. The molecule has 1 saturated heterocycles. The first kappa shape index (κ1) is 28.1. The van der Waals surface area contributed by atoms with Crippen molar-refractivity contribution in [2.75, 3.05) is 37.3 Å². The summed E-state index contributed by atoms with van der Waals surface area (Å²) in [5, 5.41) is 0.475. The summed E-state index contributed by atoms with van der Waals surface area (Å²) >= 11 is 12.5. The van der Waals surface area contributed by atoms with Crippen LogP contribution in [0, 0.1) is 0 Å². The van der Waals surface area contributed by atoms with E-state index in [1.807, 2.05) is 32.1 Å². The van der Waals surface area contributed by atoms with Crippen molar-refractivity contribution in [2.45, 2.75) is 23.9 Å². The lowest BCUT2D eigenvalue weighted by molar-refractivity contribution is -0.124. The van der Waals surface area contributed by atoms with Crippen molar-refractivity contribution in [3.8, 4) is 0 Å². The van der Waals surface area contributed by atoms with Crippen molar-refractivity contribution in [1.82, 2.24) is 18.2 Å². The Bertz CT molecular complexity index is 1650. The van der Waals surface area contributed by atoms with Gasteiger partial charge in [-0.15, -0.1) is 0 Å². The summed E-state index contributed by atoms with van der Waals surface area (Å²) in [6.07, 6.45) is 2.54. The zero-order chi connectivity index (χ0) is 28.3. The van der Waals surface area contributed by atoms with Gasteiger partial charge in [-0.3, -0.25) is 9.36 Å². The van der Waals surface area contributed by atoms with Gasteiger partial charge < -0.3 is 0 Å². The minimum Gasteiger partial charge on any atom is -0.284 e. The number of hydrogen-bond donors (Lipinski definition) is 0. The number of rotatable bonds is 6. The second-order valence-electron chi connectivity index (χ2n) is 10.0. The smallest absolute Gasteiger partial charge is 0.260 e. The fourth-order valence-electron chi connectivity index (χ4n) is 5.09. The molecule has 2 aliphatic heterocycles. The van der Waals surface area contributed by atoms with Crippen molar-refractivity contribution in [2.24, 2.45) is 0 Å². The van der Waals surface area contributed by atoms with Gasteiger partial charge in [0.15, 0.2) is 5.03 Å². The van der Waals surface area contributed by atoms with E-state index in [0.29, 0.717) is 15.7 Å². The van der Waals surface area contributed by atoms with Crippen LogP contribution in [0.25, 0.3) is 0 Å². The van der Waals surface area contributed by atoms with Crippen LogP contribution in [0.15, 0.2) is 53.7 Å². The number of piperazine rings is 1. The molecule has 1 amide bonds. The van der Waals surface area contributed by atoms with E-state index in [0.717, 1.165) is 17.3 Å². The highest BCUT2D eigenvalue weighted by atomic mass is 35.5. The van der Waals surface area contributed by atoms with Crippen molar-refractivity contribution in [3.05, 3.63) is 64.3 Å². The topological polar surface area (TPSA) is 113 Å². The predicted molar refractivity (Wildman–Crippen MR) is 153 cm³/mol. The molecule has 0 radical (unpaired) electrons. The molecule has 3 heterocycles. The number of amides is 1. The van der Waals surface area contributed by atoms with Gasteiger partial charge in [0.25, 0.3) is 15.9 Å². The lowest BCUT2D eigenvalue weighted by atomic mass is 9.89. The maximum Gasteiger partial charge on any atom is 0.260 e. The third-order valence-corrected chi connectivity index (χ3v) is 10.7. The molecule has 0 spiro atoms. The third kappa shape index (κ3) is 5.00. The Labute approximate surface area is 238 Å². The first-order chi connectivity index (χ1) is 18.2. The van der Waals surface area contributed by atoms with Gasteiger partial charge in [0.1, 0.15) is 13.4 Å². The zero-order valence-electron chi connectivity index (χ0n) is 21.5. The molecule has 0 saturated carbocycles. The minimum atomic E-state index is -4.15. The standard InChI is InChI=1S/C24H26BCl2N5O5S2/c1-24(14-16-3-5-17(25)6-4-16)22(33)31(20-12-18(26)11-19(27)13-20)23-28-15-21(32(23)24)39(36,37)30-9-7-29(8-10-30)38(2,34)35/h3-6,11-13,15H,7-10,14,25H2,1-2H3/t24-/m1/s1. The van der Waals surface area contributed by atoms with Gasteiger partial charge in [0, 0.05) is 42.6 Å². The fourth-order valence-corrected chi connectivity index (χ4v) is 8.04. The molecule has 2 aliphatic rings. The molecule has 10 nitrogen and oxygen atoms in total. The van der Waals surface area contributed by atoms with Crippen LogP contribution in [0.1, 0.15) is 12.5 Å². The van der Waals surface area contributed by atoms with Gasteiger partial charge in [0.2, 0.25) is 16.0 Å². The number of fused-ring (bicyclic) bond motifs is 1. The SMILES string of the molecule is Bc1ccc(C[C@]2(C)C(=O)N(c3cc(Cl)cc(Cl)c3)c3ncc(S(=O)(=O)N4CCN(S(C)(=O)=O)CC4)n32)cc1. The van der Waals surface area contributed by atoms with Crippen molar-refractivity contribution in [1.29, 1.82) is 0 Å². The van der Waals surface area contributed by atoms with Crippen LogP contribution < -0.4 is 10.4 Å². The lowest BCUT2D eigenvalue weighted by Gasteiger charge is -2.33. The second-order valence-corrected chi connectivity index (χ2v) is 14.7. The summed E-state index contributed by atoms with van der Waals surface area (Å²) in [6.45, 7) is 1.71. The minimum absolute atomic E-state index is 0.0217. The number of carbonyl (C=O) groups excluding carboxylic acids is 1. The largest absolute Gasteiger partial charge is 0.284 e. The van der Waals surface area contributed by atoms with Gasteiger partial charge >= 0.3 is 0 Å². The Morgan fingerprint density at radius 1 is 0.949 bits per heavy atom. The molecule has 15 heteroatoms. The van der Waals surface area contributed by atoms with E-state index in [-0.39, 0.29) is 49.5 Å². The number of carbonyl (C=O) groups is 1. The van der Waals surface area contributed by atoms with Crippen LogP contribution in [0.4, 0.5) is 11.6 Å². The predicted octanol–water partition coefficient (Wildman–Crippen LogP) is 1.35. The number of benzene rings is 2. The molecule has 1 fully saturated rings. The van der Waals surface area contributed by atoms with Gasteiger partial charge in [-0.25, -0.2) is 26.7 Å². The van der Waals surface area contributed by atoms with Crippen LogP contribution in [0.5, 0.6) is 0 Å². The van der Waals surface area contributed by atoms with Crippen LogP contribution in [0.2, 0.25) is 10.0 Å². The normalized spacial score (nSPS) is 20.9. The van der Waals surface area contributed by atoms with Crippen molar-refractivity contribution >= 4 is 74.1 Å². The maximum atomic E-state index is 14.1. The molecular formula is C24H26BCl2N5O5S2. The van der Waals surface area contributed by atoms with E-state index in [4.69, 9.17) is 23.2 Å². The van der Waals surface area contributed by atoms with E-state index in [1.54, 1.807) is 19.1 Å². The summed E-state index contributed by atoms with van der Waals surface area (Å²) in [7, 11) is -5.63. The van der Waals surface area contributed by atoms with Crippen LogP contribution in [0.3, 0.4) is 0 Å². The molecular weight excluding hydrogens is 584 g/mol. The van der Waals surface area contributed by atoms with Gasteiger partial charge in [-0.1, -0.05) is 52.9 Å². The van der Waals surface area contributed by atoms with Gasteiger partial charge in [0.05, 0.1) is 18.1 Å². The molecule has 1 atom stereocenters. The number of halogens is 2. The highest BCUT2D eigenvalue weighted by Gasteiger charge is 2.52. The number of imidazole rings is 1. The van der Waals surface area contributed by atoms with Crippen LogP contribution in [-0.2, 0) is 36.8 Å². The second kappa shape index (κ2) is 9.90. The lowest BCUT2D eigenvalue weighted by Crippen LogP contribution is -2.51. The molecule has 1 aromatic heterocycles. The van der Waals surface area contributed by atoms with Gasteiger partial charge in [-0.2, -0.15) is 8.61 Å². The van der Waals surface area contributed by atoms with Crippen molar-refractivity contribution < 1.29 is 21.6 Å². The Kier molecular flexibility index (Phi) is 7.14. The number of anilines is 2. The summed E-state index contributed by atoms with van der Waals surface area (Å²) < 4.78 is 55.7. The number of nitrogens with zero attached hydrogens (tertiary/aromatic N) is 5. The van der Waals surface area contributed by atoms with E-state index < -0.39 is 25.6 Å². The van der Waals surface area contributed by atoms with E-state index in [9.17, 15) is 21.6 Å². The quantitative estimate of drug-likeness (QED) is 0.390. The average Bonchev–Trinajstić information content (AvgIpc) is 3.38. The Morgan fingerprint density at radius 2 is 1.51 bits per heavy atom. The molecule has 3 aromatic rings. The molecule has 0 N–H and O–H groups in total. The van der Waals surface area contributed by atoms with Crippen LogP contribution >= 0.6 is 23.2 Å². The first-order valence-electron chi connectivity index (χ1n) is 12.1. The highest BCUT2D eigenvalue weighted by Crippen LogP contribution is 2.44. The van der Waals surface area contributed by atoms with E-state index >= 15 is 0 Å². The Balaban J connectivity index is 1.62. The Morgan fingerprint density at radius 3 is 2.08 bits per heavy atom. The number of hydrogen-bond acceptors (Lipinski definition) is 6. The zero-order valence-corrected chi connectivity index (χ0v) is 24.6.